The number of pyridine rings is 1. The van der Waals surface area contributed by atoms with Crippen molar-refractivity contribution >= 4 is 26.8 Å². The largest absolute Gasteiger partial charge is 0.349 e. The predicted molar refractivity (Wildman–Crippen MR) is 138 cm³/mol. The molecule has 0 bridgehead atoms. The number of carbonyl (C=O) groups is 1. The fraction of sp³-hybridized carbons (Fsp3) is 0.519. The maximum atomic E-state index is 14.8. The Hall–Kier alpha value is -2.81. The van der Waals surface area contributed by atoms with Gasteiger partial charge in [-0.15, -0.1) is 0 Å². The molecule has 9 heteroatoms. The highest BCUT2D eigenvalue weighted by Crippen LogP contribution is 2.39. The molecule has 0 spiro atoms. The Balaban J connectivity index is 1.62. The number of carbonyl (C=O) groups excluding carboxylic acids is 1. The lowest BCUT2D eigenvalue weighted by Crippen LogP contribution is -2.43. The summed E-state index contributed by atoms with van der Waals surface area (Å²) in [4.78, 5) is 18.5. The van der Waals surface area contributed by atoms with E-state index in [1.807, 2.05) is 0 Å². The number of nitrogens with zero attached hydrogens (tertiary/aromatic N) is 3. The maximum absolute atomic E-state index is 14.8. The van der Waals surface area contributed by atoms with Crippen LogP contribution in [0.15, 0.2) is 30.3 Å². The minimum absolute atomic E-state index is 0.0224. The summed E-state index contributed by atoms with van der Waals surface area (Å²) in [6.45, 7) is 8.47. The van der Waals surface area contributed by atoms with E-state index in [1.54, 1.807) is 35.9 Å². The highest BCUT2D eigenvalue weighted by molar-refractivity contribution is 7.91. The van der Waals surface area contributed by atoms with Gasteiger partial charge in [-0.05, 0) is 62.1 Å². The molecule has 1 saturated carbocycles. The van der Waals surface area contributed by atoms with Crippen LogP contribution in [0, 0.1) is 24.1 Å². The molecule has 1 aromatic carbocycles. The normalized spacial score (nSPS) is 25.2. The Morgan fingerprint density at radius 1 is 1.22 bits per heavy atom. The SMILES string of the molecule is Cc1nn(C2CCS(=O)(=O)C2)c2nc(-c3ccccc3F)cc(C(=O)NC3CC(C)CC(C)(C)C3)c12. The molecule has 1 N–H and O–H groups in total. The molecule has 2 fully saturated rings. The average Bonchev–Trinajstić information content (AvgIpc) is 3.30. The first-order chi connectivity index (χ1) is 16.9. The minimum Gasteiger partial charge on any atom is -0.349 e. The summed E-state index contributed by atoms with van der Waals surface area (Å²) in [6.07, 6.45) is 3.34. The highest BCUT2D eigenvalue weighted by Gasteiger charge is 2.35. The molecule has 1 aliphatic heterocycles. The van der Waals surface area contributed by atoms with E-state index in [0.717, 1.165) is 19.3 Å². The van der Waals surface area contributed by atoms with Gasteiger partial charge >= 0.3 is 0 Å². The zero-order chi connectivity index (χ0) is 25.8. The molecule has 7 nitrogen and oxygen atoms in total. The summed E-state index contributed by atoms with van der Waals surface area (Å²) in [7, 11) is -3.16. The zero-order valence-corrected chi connectivity index (χ0v) is 22.0. The van der Waals surface area contributed by atoms with Gasteiger partial charge < -0.3 is 5.32 Å². The van der Waals surface area contributed by atoms with Gasteiger partial charge in [-0.1, -0.05) is 32.9 Å². The smallest absolute Gasteiger partial charge is 0.252 e. The van der Waals surface area contributed by atoms with Crippen molar-refractivity contribution in [3.05, 3.63) is 47.4 Å². The van der Waals surface area contributed by atoms with Crippen molar-refractivity contribution in [1.29, 1.82) is 0 Å². The summed E-state index contributed by atoms with van der Waals surface area (Å²) >= 11 is 0. The first-order valence-electron chi connectivity index (χ1n) is 12.6. The van der Waals surface area contributed by atoms with Gasteiger partial charge in [-0.3, -0.25) is 4.79 Å². The van der Waals surface area contributed by atoms with Crippen molar-refractivity contribution < 1.29 is 17.6 Å². The van der Waals surface area contributed by atoms with Crippen LogP contribution in [0.25, 0.3) is 22.3 Å². The molecule has 0 radical (unpaired) electrons. The number of rotatable bonds is 4. The monoisotopic (exact) mass is 512 g/mol. The van der Waals surface area contributed by atoms with Crippen LogP contribution in [0.1, 0.15) is 68.5 Å². The minimum atomic E-state index is -3.16. The molecule has 192 valence electrons. The topological polar surface area (TPSA) is 93.9 Å². The van der Waals surface area contributed by atoms with Gasteiger partial charge in [0.05, 0.1) is 39.9 Å². The Labute approximate surface area is 211 Å². The van der Waals surface area contributed by atoms with E-state index >= 15 is 0 Å². The van der Waals surface area contributed by atoms with E-state index in [4.69, 9.17) is 4.98 Å². The van der Waals surface area contributed by atoms with E-state index in [1.165, 1.54) is 6.07 Å². The molecule has 1 saturated heterocycles. The summed E-state index contributed by atoms with van der Waals surface area (Å²) in [5.41, 5.74) is 2.15. The fourth-order valence-corrected chi connectivity index (χ4v) is 7.93. The third-order valence-corrected chi connectivity index (χ3v) is 9.26. The fourth-order valence-electron chi connectivity index (χ4n) is 6.24. The van der Waals surface area contributed by atoms with Gasteiger partial charge in [0.1, 0.15) is 5.82 Å². The molecule has 1 aliphatic carbocycles. The standard InChI is InChI=1S/C27H33FN4O3S/c1-16-11-18(14-27(3,4)13-16)29-26(33)21-12-23(20-7-5-6-8-22(20)28)30-25-24(21)17(2)31-32(25)19-9-10-36(34,35)15-19/h5-8,12,16,18-19H,9-11,13-15H2,1-4H3,(H,29,33). The number of aryl methyl sites for hydroxylation is 1. The van der Waals surface area contributed by atoms with E-state index < -0.39 is 15.7 Å². The number of fused-ring (bicyclic) bond motifs is 1. The van der Waals surface area contributed by atoms with Gasteiger partial charge in [-0.25, -0.2) is 22.5 Å². The first kappa shape index (κ1) is 24.9. The molecule has 36 heavy (non-hydrogen) atoms. The third kappa shape index (κ3) is 4.77. The second kappa shape index (κ2) is 8.94. The van der Waals surface area contributed by atoms with E-state index in [9.17, 15) is 17.6 Å². The average molecular weight is 513 g/mol. The molecule has 3 heterocycles. The Morgan fingerprint density at radius 2 is 1.97 bits per heavy atom. The second-order valence-electron chi connectivity index (χ2n) is 11.4. The quantitative estimate of drug-likeness (QED) is 0.539. The predicted octanol–water partition coefficient (Wildman–Crippen LogP) is 4.85. The Bertz CT molecular complexity index is 1450. The number of aromatic nitrogens is 3. The van der Waals surface area contributed by atoms with Crippen molar-refractivity contribution in [2.24, 2.45) is 11.3 Å². The van der Waals surface area contributed by atoms with Crippen LogP contribution in [-0.4, -0.2) is 46.6 Å². The molecule has 5 rings (SSSR count). The first-order valence-corrected chi connectivity index (χ1v) is 14.4. The van der Waals surface area contributed by atoms with Crippen molar-refractivity contribution in [3.63, 3.8) is 0 Å². The molecular formula is C27H33FN4O3S. The van der Waals surface area contributed by atoms with Crippen molar-refractivity contribution in [3.8, 4) is 11.3 Å². The van der Waals surface area contributed by atoms with Crippen molar-refractivity contribution in [1.82, 2.24) is 20.1 Å². The van der Waals surface area contributed by atoms with E-state index in [-0.39, 0.29) is 40.5 Å². The lowest BCUT2D eigenvalue weighted by atomic mass is 9.70. The molecular weight excluding hydrogens is 479 g/mol. The molecule has 2 aromatic heterocycles. The Morgan fingerprint density at radius 3 is 2.64 bits per heavy atom. The van der Waals surface area contributed by atoms with Gasteiger partial charge in [0.25, 0.3) is 5.91 Å². The summed E-state index contributed by atoms with van der Waals surface area (Å²) in [5, 5.41) is 8.45. The van der Waals surface area contributed by atoms with Crippen molar-refractivity contribution in [2.45, 2.75) is 65.5 Å². The van der Waals surface area contributed by atoms with Crippen LogP contribution in [0.3, 0.4) is 0 Å². The van der Waals surface area contributed by atoms with Crippen LogP contribution in [0.5, 0.6) is 0 Å². The molecule has 2 aliphatic rings. The maximum Gasteiger partial charge on any atom is 0.252 e. The zero-order valence-electron chi connectivity index (χ0n) is 21.2. The second-order valence-corrected chi connectivity index (χ2v) is 13.6. The lowest BCUT2D eigenvalue weighted by molar-refractivity contribution is 0.0875. The number of hydrogen-bond acceptors (Lipinski definition) is 5. The summed E-state index contributed by atoms with van der Waals surface area (Å²) in [6, 6.07) is 7.62. The number of hydrogen-bond donors (Lipinski definition) is 1. The molecule has 3 atom stereocenters. The van der Waals surface area contributed by atoms with E-state index in [0.29, 0.717) is 40.3 Å². The lowest BCUT2D eigenvalue weighted by Gasteiger charge is -2.39. The Kier molecular flexibility index (Phi) is 6.17. The highest BCUT2D eigenvalue weighted by atomic mass is 32.2. The molecule has 3 unspecified atom stereocenters. The number of benzene rings is 1. The molecule has 1 amide bonds. The number of amides is 1. The summed E-state index contributed by atoms with van der Waals surface area (Å²) < 4.78 is 40.8. The number of halogens is 1. The molecule has 3 aromatic rings. The van der Waals surface area contributed by atoms with Crippen LogP contribution in [0.4, 0.5) is 4.39 Å². The van der Waals surface area contributed by atoms with Crippen molar-refractivity contribution in [2.75, 3.05) is 11.5 Å². The van der Waals surface area contributed by atoms with Gasteiger partial charge in [0, 0.05) is 11.6 Å². The van der Waals surface area contributed by atoms with Gasteiger partial charge in [0.2, 0.25) is 0 Å². The van der Waals surface area contributed by atoms with Gasteiger partial charge in [0.15, 0.2) is 15.5 Å². The van der Waals surface area contributed by atoms with Gasteiger partial charge in [-0.2, -0.15) is 5.10 Å². The number of nitrogens with one attached hydrogen (secondary N) is 1. The van der Waals surface area contributed by atoms with Crippen LogP contribution in [0.2, 0.25) is 0 Å². The van der Waals surface area contributed by atoms with Crippen LogP contribution in [-0.2, 0) is 9.84 Å². The third-order valence-electron chi connectivity index (χ3n) is 7.51. The van der Waals surface area contributed by atoms with Crippen LogP contribution >= 0.6 is 0 Å². The summed E-state index contributed by atoms with van der Waals surface area (Å²) in [5.74, 6) is -0.111. The van der Waals surface area contributed by atoms with E-state index in [2.05, 4.69) is 31.2 Å². The number of sulfone groups is 1. The van der Waals surface area contributed by atoms with Crippen LogP contribution < -0.4 is 5.32 Å².